The first-order chi connectivity index (χ1) is 6.10. The Morgan fingerprint density at radius 3 is 2.38 bits per heavy atom. The molecule has 0 saturated carbocycles. The second-order valence-corrected chi connectivity index (χ2v) is 2.93. The van der Waals surface area contributed by atoms with E-state index in [9.17, 15) is 9.59 Å². The lowest BCUT2D eigenvalue weighted by Gasteiger charge is -2.10. The van der Waals surface area contributed by atoms with Crippen molar-refractivity contribution in [3.05, 3.63) is 12.2 Å². The third-order valence-electron chi connectivity index (χ3n) is 1.63. The Hall–Kier alpha value is -0.960. The van der Waals surface area contributed by atoms with Crippen molar-refractivity contribution in [3.63, 3.8) is 0 Å². The largest absolute Gasteiger partial charge is 0.381 e. The van der Waals surface area contributed by atoms with Gasteiger partial charge in [-0.15, -0.1) is 0 Å². The van der Waals surface area contributed by atoms with Crippen LogP contribution in [0.2, 0.25) is 0 Å². The van der Waals surface area contributed by atoms with Crippen LogP contribution in [0, 0.1) is 0 Å². The van der Waals surface area contributed by atoms with E-state index in [0.29, 0.717) is 6.42 Å². The number of ketones is 2. The highest BCUT2D eigenvalue weighted by atomic mass is 16.5. The normalized spacial score (nSPS) is 13.2. The average Bonchev–Trinajstić information content (AvgIpc) is 2.02. The molecule has 0 aliphatic rings. The van der Waals surface area contributed by atoms with E-state index >= 15 is 0 Å². The molecule has 13 heavy (non-hydrogen) atoms. The Morgan fingerprint density at radius 2 is 2.00 bits per heavy atom. The van der Waals surface area contributed by atoms with E-state index in [0.717, 1.165) is 0 Å². The number of carbonyl (C=O) groups is 2. The molecule has 0 radical (unpaired) electrons. The van der Waals surface area contributed by atoms with Crippen molar-refractivity contribution in [2.45, 2.75) is 32.8 Å². The molecule has 1 unspecified atom stereocenters. The van der Waals surface area contributed by atoms with Gasteiger partial charge in [0.2, 0.25) is 0 Å². The zero-order valence-corrected chi connectivity index (χ0v) is 8.37. The number of hydrogen-bond donors (Lipinski definition) is 0. The van der Waals surface area contributed by atoms with Crippen molar-refractivity contribution in [2.75, 3.05) is 7.11 Å². The predicted octanol–water partition coefficient (Wildman–Crippen LogP) is 1.52. The van der Waals surface area contributed by atoms with Crippen molar-refractivity contribution in [1.29, 1.82) is 0 Å². The van der Waals surface area contributed by atoms with Crippen molar-refractivity contribution in [3.8, 4) is 0 Å². The van der Waals surface area contributed by atoms with Gasteiger partial charge in [-0.1, -0.05) is 6.08 Å². The van der Waals surface area contributed by atoms with Gasteiger partial charge in [-0.05, 0) is 19.9 Å². The lowest BCUT2D eigenvalue weighted by molar-refractivity contribution is -0.121. The van der Waals surface area contributed by atoms with E-state index < -0.39 is 0 Å². The molecule has 0 rings (SSSR count). The summed E-state index contributed by atoms with van der Waals surface area (Å²) in [5.74, 6) is 0.0377. The molecular formula is C10H16O3. The van der Waals surface area contributed by atoms with E-state index in [1.165, 1.54) is 20.1 Å². The number of carbonyl (C=O) groups excluding carboxylic acids is 2. The minimum Gasteiger partial charge on any atom is -0.381 e. The number of allylic oxidation sites excluding steroid dienone is 2. The molecule has 0 aliphatic heterocycles. The first-order valence-corrected chi connectivity index (χ1v) is 4.28. The molecule has 0 N–H and O–H groups in total. The molecule has 0 spiro atoms. The van der Waals surface area contributed by atoms with Crippen LogP contribution < -0.4 is 0 Å². The van der Waals surface area contributed by atoms with Gasteiger partial charge in [-0.25, -0.2) is 0 Å². The molecule has 1 atom stereocenters. The molecule has 3 heteroatoms. The van der Waals surface area contributed by atoms with Crippen LogP contribution >= 0.6 is 0 Å². The smallest absolute Gasteiger partial charge is 0.157 e. The Kier molecular flexibility index (Phi) is 6.06. The average molecular weight is 184 g/mol. The number of methoxy groups -OCH3 is 1. The van der Waals surface area contributed by atoms with Gasteiger partial charge in [0.1, 0.15) is 5.78 Å². The molecule has 3 nitrogen and oxygen atoms in total. The number of hydrogen-bond acceptors (Lipinski definition) is 3. The van der Waals surface area contributed by atoms with Gasteiger partial charge in [0.15, 0.2) is 5.78 Å². The quantitative estimate of drug-likeness (QED) is 0.588. The Bertz CT molecular complexity index is 206. The highest BCUT2D eigenvalue weighted by molar-refractivity contribution is 5.90. The second kappa shape index (κ2) is 6.54. The molecule has 0 amide bonds. The molecule has 0 heterocycles. The van der Waals surface area contributed by atoms with Gasteiger partial charge in [0.05, 0.1) is 6.10 Å². The van der Waals surface area contributed by atoms with Crippen LogP contribution in [0.15, 0.2) is 12.2 Å². The molecule has 0 aromatic rings. The van der Waals surface area contributed by atoms with Crippen molar-refractivity contribution in [2.24, 2.45) is 0 Å². The van der Waals surface area contributed by atoms with Crippen LogP contribution in [0.5, 0.6) is 0 Å². The van der Waals surface area contributed by atoms with Crippen LogP contribution in [0.25, 0.3) is 0 Å². The summed E-state index contributed by atoms with van der Waals surface area (Å²) in [6.45, 7) is 3.27. The fourth-order valence-electron chi connectivity index (χ4n) is 1.04. The van der Waals surface area contributed by atoms with Crippen LogP contribution in [-0.4, -0.2) is 24.8 Å². The Balaban J connectivity index is 3.97. The van der Waals surface area contributed by atoms with Crippen molar-refractivity contribution < 1.29 is 14.3 Å². The van der Waals surface area contributed by atoms with Gasteiger partial charge < -0.3 is 4.74 Å². The third-order valence-corrected chi connectivity index (χ3v) is 1.63. The van der Waals surface area contributed by atoms with Crippen LogP contribution in [0.3, 0.4) is 0 Å². The third kappa shape index (κ3) is 6.22. The first-order valence-electron chi connectivity index (χ1n) is 4.28. The van der Waals surface area contributed by atoms with E-state index in [1.54, 1.807) is 13.0 Å². The molecular weight excluding hydrogens is 168 g/mol. The van der Waals surface area contributed by atoms with Crippen molar-refractivity contribution in [1.82, 2.24) is 0 Å². The van der Waals surface area contributed by atoms with Gasteiger partial charge in [-0.2, -0.15) is 0 Å². The van der Waals surface area contributed by atoms with Crippen LogP contribution in [0.1, 0.15) is 26.7 Å². The highest BCUT2D eigenvalue weighted by Gasteiger charge is 2.12. The standard InChI is InChI=1S/C10H16O3/c1-4-5-9(12)7-10(13-3)6-8(2)11/h4-5,10H,6-7H2,1-3H3/b5-4+. The Labute approximate surface area is 78.8 Å². The number of rotatable bonds is 6. The van der Waals surface area contributed by atoms with Crippen LogP contribution in [-0.2, 0) is 14.3 Å². The van der Waals surface area contributed by atoms with E-state index in [1.807, 2.05) is 0 Å². The summed E-state index contributed by atoms with van der Waals surface area (Å²) in [6.07, 6.45) is 3.48. The molecule has 0 aromatic heterocycles. The predicted molar refractivity (Wildman–Crippen MR) is 50.5 cm³/mol. The van der Waals surface area contributed by atoms with Gasteiger partial charge in [-0.3, -0.25) is 9.59 Å². The summed E-state index contributed by atoms with van der Waals surface area (Å²) in [6, 6.07) is 0. The monoisotopic (exact) mass is 184 g/mol. The fourth-order valence-corrected chi connectivity index (χ4v) is 1.04. The van der Waals surface area contributed by atoms with E-state index in [2.05, 4.69) is 0 Å². The maximum Gasteiger partial charge on any atom is 0.157 e. The lowest BCUT2D eigenvalue weighted by Crippen LogP contribution is -2.18. The minimum atomic E-state index is -0.277. The summed E-state index contributed by atoms with van der Waals surface area (Å²) < 4.78 is 5.00. The summed E-state index contributed by atoms with van der Waals surface area (Å²) in [5.41, 5.74) is 0. The van der Waals surface area contributed by atoms with Gasteiger partial charge in [0.25, 0.3) is 0 Å². The van der Waals surface area contributed by atoms with Crippen molar-refractivity contribution >= 4 is 11.6 Å². The summed E-state index contributed by atoms with van der Waals surface area (Å²) in [7, 11) is 1.51. The SMILES string of the molecule is C/C=C/C(=O)CC(CC(C)=O)OC. The molecule has 0 aromatic carbocycles. The zero-order chi connectivity index (χ0) is 10.3. The second-order valence-electron chi connectivity index (χ2n) is 2.93. The number of Topliss-reactive ketones (excluding diaryl/α,β-unsaturated/α-hetero) is 1. The fraction of sp³-hybridized carbons (Fsp3) is 0.600. The summed E-state index contributed by atoms with van der Waals surface area (Å²) in [5, 5.41) is 0. The molecule has 0 bridgehead atoms. The summed E-state index contributed by atoms with van der Waals surface area (Å²) in [4.78, 5) is 21.9. The summed E-state index contributed by atoms with van der Waals surface area (Å²) >= 11 is 0. The minimum absolute atomic E-state index is 0.00407. The maximum absolute atomic E-state index is 11.1. The Morgan fingerprint density at radius 1 is 1.38 bits per heavy atom. The first kappa shape index (κ1) is 12.0. The zero-order valence-electron chi connectivity index (χ0n) is 8.37. The molecule has 0 fully saturated rings. The lowest BCUT2D eigenvalue weighted by atomic mass is 10.1. The van der Waals surface area contributed by atoms with Gasteiger partial charge in [0, 0.05) is 20.0 Å². The van der Waals surface area contributed by atoms with E-state index in [-0.39, 0.29) is 24.1 Å². The van der Waals surface area contributed by atoms with E-state index in [4.69, 9.17) is 4.74 Å². The van der Waals surface area contributed by atoms with Crippen LogP contribution in [0.4, 0.5) is 0 Å². The molecule has 74 valence electrons. The maximum atomic E-state index is 11.1. The topological polar surface area (TPSA) is 43.4 Å². The van der Waals surface area contributed by atoms with Gasteiger partial charge >= 0.3 is 0 Å². The number of ether oxygens (including phenoxy) is 1. The molecule has 0 saturated heterocycles. The highest BCUT2D eigenvalue weighted by Crippen LogP contribution is 2.04. The molecule has 0 aliphatic carbocycles.